The molecule has 0 radical (unpaired) electrons. The number of carbonyl (C=O) groups excluding carboxylic acids is 4. The van der Waals surface area contributed by atoms with Crippen molar-refractivity contribution in [1.29, 1.82) is 0 Å². The third-order valence-electron chi connectivity index (χ3n) is 7.01. The zero-order valence-corrected chi connectivity index (χ0v) is 25.4. The fourth-order valence-corrected chi connectivity index (χ4v) is 4.63. The summed E-state index contributed by atoms with van der Waals surface area (Å²) in [7, 11) is 0. The molecule has 1 aromatic heterocycles. The molecule has 10 heteroatoms. The average Bonchev–Trinajstić information content (AvgIpc) is 3.66. The number of nitrogens with two attached hydrogens (primary N) is 2. The van der Waals surface area contributed by atoms with E-state index in [1.54, 1.807) is 97.1 Å². The summed E-state index contributed by atoms with van der Waals surface area (Å²) < 4.78 is 18.8. The van der Waals surface area contributed by atoms with Gasteiger partial charge in [-0.05, 0) is 60.7 Å². The molecule has 6 rings (SSSR count). The molecule has 5 aromatic carbocycles. The third kappa shape index (κ3) is 7.88. The molecule has 0 saturated heterocycles. The lowest BCUT2D eigenvalue weighted by atomic mass is 10.0. The number of benzene rings is 5. The molecule has 0 aliphatic carbocycles. The van der Waals surface area contributed by atoms with Crippen LogP contribution in [0.1, 0.15) is 52.8 Å². The molecular formula is C38H29FN4O5. The van der Waals surface area contributed by atoms with Crippen LogP contribution in [0.3, 0.4) is 0 Å². The molecule has 0 unspecified atom stereocenters. The number of carbonyl (C=O) groups is 4. The summed E-state index contributed by atoms with van der Waals surface area (Å²) in [5.74, 6) is -2.03. The van der Waals surface area contributed by atoms with Gasteiger partial charge in [-0.3, -0.25) is 19.2 Å². The number of nitrogens with one attached hydrogen (secondary N) is 2. The van der Waals surface area contributed by atoms with Crippen LogP contribution in [0.2, 0.25) is 0 Å². The number of ketones is 2. The predicted octanol–water partition coefficient (Wildman–Crippen LogP) is 7.24. The van der Waals surface area contributed by atoms with Crippen LogP contribution < -0.4 is 22.1 Å². The van der Waals surface area contributed by atoms with Crippen LogP contribution in [0, 0.1) is 5.82 Å². The SMILES string of the molecule is Nc1ccc(NC(=O)c2ccccc2F)c(C(=O)c2ccccc2)c1.Nc1ccc(NC(=O)c2ccco2)c(C(=O)c2ccccc2)c1. The van der Waals surface area contributed by atoms with Gasteiger partial charge in [-0.1, -0.05) is 72.8 Å². The van der Waals surface area contributed by atoms with Gasteiger partial charge in [0.15, 0.2) is 17.3 Å². The van der Waals surface area contributed by atoms with E-state index >= 15 is 0 Å². The summed E-state index contributed by atoms with van der Waals surface area (Å²) in [5, 5.41) is 5.27. The smallest absolute Gasteiger partial charge is 0.291 e. The van der Waals surface area contributed by atoms with Crippen molar-refractivity contribution in [2.45, 2.75) is 0 Å². The maximum absolute atomic E-state index is 13.8. The summed E-state index contributed by atoms with van der Waals surface area (Å²) in [6.07, 6.45) is 1.41. The molecule has 6 N–H and O–H groups in total. The van der Waals surface area contributed by atoms with Crippen LogP contribution in [0.5, 0.6) is 0 Å². The second-order valence-electron chi connectivity index (χ2n) is 10.4. The van der Waals surface area contributed by atoms with Gasteiger partial charge in [0.05, 0.1) is 23.2 Å². The first-order valence-electron chi connectivity index (χ1n) is 14.6. The van der Waals surface area contributed by atoms with Gasteiger partial charge in [-0.15, -0.1) is 0 Å². The quantitative estimate of drug-likeness (QED) is 0.101. The fourth-order valence-electron chi connectivity index (χ4n) is 4.63. The van der Waals surface area contributed by atoms with Crippen LogP contribution in [0.25, 0.3) is 0 Å². The van der Waals surface area contributed by atoms with E-state index < -0.39 is 17.6 Å². The Balaban J connectivity index is 0.000000188. The highest BCUT2D eigenvalue weighted by Gasteiger charge is 2.19. The standard InChI is InChI=1S/C20H15FN2O2.C18H14N2O3/c21-17-9-5-4-8-15(17)20(25)23-18-11-10-14(22)12-16(18)19(24)13-6-2-1-3-7-13;19-13-8-9-15(20-18(22)16-7-4-10-23-16)14(11-13)17(21)12-5-2-1-3-6-12/h1-12H,22H2,(H,23,25);1-11H,19H2,(H,20,22). The molecule has 1 heterocycles. The minimum absolute atomic E-state index is 0.0996. The monoisotopic (exact) mass is 640 g/mol. The summed E-state index contributed by atoms with van der Waals surface area (Å²) in [4.78, 5) is 49.8. The van der Waals surface area contributed by atoms with Crippen molar-refractivity contribution in [3.05, 3.63) is 179 Å². The first-order chi connectivity index (χ1) is 23.2. The van der Waals surface area contributed by atoms with E-state index in [9.17, 15) is 23.6 Å². The highest BCUT2D eigenvalue weighted by atomic mass is 19.1. The molecule has 0 aliphatic rings. The number of anilines is 4. The molecular weight excluding hydrogens is 611 g/mol. The van der Waals surface area contributed by atoms with Gasteiger partial charge in [-0.25, -0.2) is 4.39 Å². The van der Waals surface area contributed by atoms with E-state index in [0.717, 1.165) is 0 Å². The number of hydrogen-bond donors (Lipinski definition) is 4. The predicted molar refractivity (Wildman–Crippen MR) is 182 cm³/mol. The maximum Gasteiger partial charge on any atom is 0.291 e. The third-order valence-corrected chi connectivity index (χ3v) is 7.01. The normalized spacial score (nSPS) is 10.3. The van der Waals surface area contributed by atoms with Crippen molar-refractivity contribution >= 4 is 46.1 Å². The lowest BCUT2D eigenvalue weighted by Gasteiger charge is -2.12. The first kappa shape index (κ1) is 32.6. The summed E-state index contributed by atoms with van der Waals surface area (Å²) in [6, 6.07) is 35.6. The van der Waals surface area contributed by atoms with Gasteiger partial charge >= 0.3 is 0 Å². The second-order valence-corrected chi connectivity index (χ2v) is 10.4. The number of hydrogen-bond acceptors (Lipinski definition) is 7. The van der Waals surface area contributed by atoms with Crippen LogP contribution in [0.15, 0.2) is 144 Å². The number of furan rings is 1. The van der Waals surface area contributed by atoms with Crippen molar-refractivity contribution in [3.8, 4) is 0 Å². The van der Waals surface area contributed by atoms with Crippen LogP contribution in [0.4, 0.5) is 27.1 Å². The minimum Gasteiger partial charge on any atom is -0.459 e. The van der Waals surface area contributed by atoms with E-state index in [1.807, 2.05) is 6.07 Å². The second kappa shape index (κ2) is 15.0. The van der Waals surface area contributed by atoms with Gasteiger partial charge in [0.2, 0.25) is 0 Å². The van der Waals surface area contributed by atoms with E-state index in [-0.39, 0.29) is 34.1 Å². The summed E-state index contributed by atoms with van der Waals surface area (Å²) in [6.45, 7) is 0. The molecule has 48 heavy (non-hydrogen) atoms. The minimum atomic E-state index is -0.634. The topological polar surface area (TPSA) is 158 Å². The fraction of sp³-hybridized carbons (Fsp3) is 0. The molecule has 6 aromatic rings. The number of rotatable bonds is 8. The molecule has 0 saturated carbocycles. The highest BCUT2D eigenvalue weighted by molar-refractivity contribution is 6.16. The number of nitrogen functional groups attached to an aromatic ring is 2. The van der Waals surface area contributed by atoms with Gasteiger partial charge < -0.3 is 26.5 Å². The highest BCUT2D eigenvalue weighted by Crippen LogP contribution is 2.25. The lowest BCUT2D eigenvalue weighted by Crippen LogP contribution is -2.16. The van der Waals surface area contributed by atoms with Crippen LogP contribution in [-0.4, -0.2) is 23.4 Å². The van der Waals surface area contributed by atoms with Crippen LogP contribution in [-0.2, 0) is 0 Å². The van der Waals surface area contributed by atoms with E-state index in [2.05, 4.69) is 10.6 Å². The van der Waals surface area contributed by atoms with Gasteiger partial charge in [0.1, 0.15) is 5.82 Å². The Hall–Kier alpha value is -6.81. The molecule has 2 amide bonds. The molecule has 238 valence electrons. The summed E-state index contributed by atoms with van der Waals surface area (Å²) >= 11 is 0. The Morgan fingerprint density at radius 2 is 1.00 bits per heavy atom. The summed E-state index contributed by atoms with van der Waals surface area (Å²) in [5.41, 5.74) is 14.5. The Kier molecular flexibility index (Phi) is 10.2. The van der Waals surface area contributed by atoms with Crippen molar-refractivity contribution in [3.63, 3.8) is 0 Å². The first-order valence-corrected chi connectivity index (χ1v) is 14.6. The molecule has 0 atom stereocenters. The van der Waals surface area contributed by atoms with E-state index in [0.29, 0.717) is 33.8 Å². The Bertz CT molecular complexity index is 2080. The molecule has 9 nitrogen and oxygen atoms in total. The lowest BCUT2D eigenvalue weighted by molar-refractivity contribution is 0.0992. The van der Waals surface area contributed by atoms with E-state index in [1.165, 1.54) is 36.6 Å². The van der Waals surface area contributed by atoms with Gasteiger partial charge in [-0.2, -0.15) is 0 Å². The van der Waals surface area contributed by atoms with E-state index in [4.69, 9.17) is 15.9 Å². The van der Waals surface area contributed by atoms with Gasteiger partial charge in [0.25, 0.3) is 11.8 Å². The van der Waals surface area contributed by atoms with Crippen molar-refractivity contribution in [2.24, 2.45) is 0 Å². The Labute approximate surface area is 275 Å². The molecule has 0 aliphatic heterocycles. The van der Waals surface area contributed by atoms with Crippen molar-refractivity contribution in [1.82, 2.24) is 0 Å². The number of halogens is 1. The number of amides is 2. The average molecular weight is 641 g/mol. The van der Waals surface area contributed by atoms with Crippen molar-refractivity contribution in [2.75, 3.05) is 22.1 Å². The molecule has 0 bridgehead atoms. The Morgan fingerprint density at radius 1 is 0.521 bits per heavy atom. The molecule has 0 fully saturated rings. The zero-order chi connectivity index (χ0) is 34.0. The Morgan fingerprint density at radius 3 is 1.48 bits per heavy atom. The van der Waals surface area contributed by atoms with Gasteiger partial charge in [0, 0.05) is 33.6 Å². The zero-order valence-electron chi connectivity index (χ0n) is 25.4. The van der Waals surface area contributed by atoms with Crippen molar-refractivity contribution < 1.29 is 28.0 Å². The molecule has 0 spiro atoms. The largest absolute Gasteiger partial charge is 0.459 e. The van der Waals surface area contributed by atoms with Crippen LogP contribution >= 0.6 is 0 Å². The maximum atomic E-state index is 13.8.